The number of benzene rings is 2. The lowest BCUT2D eigenvalue weighted by molar-refractivity contribution is 0.0560. The molecule has 7 heteroatoms. The lowest BCUT2D eigenvalue weighted by Crippen LogP contribution is -2.56. The first-order valence-electron chi connectivity index (χ1n) is 9.30. The molecule has 2 aromatic carbocycles. The quantitative estimate of drug-likeness (QED) is 0.297. The van der Waals surface area contributed by atoms with Gasteiger partial charge in [-0.1, -0.05) is 48.0 Å². The van der Waals surface area contributed by atoms with Crippen LogP contribution in [0.3, 0.4) is 0 Å². The minimum Gasteiger partial charge on any atom is -0.598 e. The van der Waals surface area contributed by atoms with E-state index in [-0.39, 0.29) is 11.1 Å². The van der Waals surface area contributed by atoms with Crippen LogP contribution >= 0.6 is 27.5 Å². The predicted molar refractivity (Wildman–Crippen MR) is 121 cm³/mol. The van der Waals surface area contributed by atoms with E-state index < -0.39 is 27.5 Å². The molecule has 0 bridgehead atoms. The van der Waals surface area contributed by atoms with E-state index in [0.29, 0.717) is 23.1 Å². The van der Waals surface area contributed by atoms with E-state index in [1.54, 1.807) is 6.08 Å². The summed E-state index contributed by atoms with van der Waals surface area (Å²) in [4.78, 5) is 0. The van der Waals surface area contributed by atoms with Gasteiger partial charge in [0.05, 0.1) is 5.02 Å². The van der Waals surface area contributed by atoms with Crippen LogP contribution in [0.1, 0.15) is 38.3 Å². The van der Waals surface area contributed by atoms with Crippen LogP contribution in [-0.4, -0.2) is 15.3 Å². The predicted octanol–water partition coefficient (Wildman–Crippen LogP) is 6.07. The van der Waals surface area contributed by atoms with Gasteiger partial charge in [0.2, 0.25) is 0 Å². The molecule has 0 amide bonds. The van der Waals surface area contributed by atoms with Crippen LogP contribution in [0, 0.1) is 5.82 Å². The van der Waals surface area contributed by atoms with Crippen molar-refractivity contribution in [3.63, 3.8) is 0 Å². The van der Waals surface area contributed by atoms with Crippen molar-refractivity contribution in [3.05, 3.63) is 75.5 Å². The van der Waals surface area contributed by atoms with Crippen molar-refractivity contribution in [2.45, 2.75) is 50.0 Å². The molecule has 0 aromatic heterocycles. The maximum Gasteiger partial charge on any atom is 0.158 e. The third-order valence-electron chi connectivity index (χ3n) is 4.99. The molecule has 0 radical (unpaired) electrons. The molecule has 0 aliphatic carbocycles. The van der Waals surface area contributed by atoms with Crippen LogP contribution in [0.15, 0.2) is 53.5 Å². The van der Waals surface area contributed by atoms with Crippen LogP contribution in [-0.2, 0) is 23.4 Å². The first kappa shape index (κ1) is 22.6. The Balaban J connectivity index is 2.12. The normalized spacial score (nSPS) is 20.7. The van der Waals surface area contributed by atoms with Crippen molar-refractivity contribution in [2.75, 3.05) is 0 Å². The van der Waals surface area contributed by atoms with Crippen LogP contribution in [0.2, 0.25) is 5.02 Å². The summed E-state index contributed by atoms with van der Waals surface area (Å²) in [5.41, 5.74) is 0.806. The minimum absolute atomic E-state index is 0.0303. The highest BCUT2D eigenvalue weighted by Crippen LogP contribution is 2.49. The fraction of sp³-hybridized carbons (Fsp3) is 0.364. The van der Waals surface area contributed by atoms with Gasteiger partial charge in [-0.3, -0.25) is 0 Å². The molecule has 1 unspecified atom stereocenters. The largest absolute Gasteiger partial charge is 0.598 e. The maximum absolute atomic E-state index is 14.3. The molecule has 0 saturated heterocycles. The topological polar surface area (TPSA) is 44.3 Å². The molecule has 0 fully saturated rings. The summed E-state index contributed by atoms with van der Waals surface area (Å²) in [5, 5.41) is 0.0303. The van der Waals surface area contributed by atoms with Crippen LogP contribution < -0.4 is 9.46 Å². The Labute approximate surface area is 188 Å². The number of rotatable bonds is 6. The van der Waals surface area contributed by atoms with E-state index >= 15 is 0 Å². The summed E-state index contributed by atoms with van der Waals surface area (Å²) in [5.74, 6) is -0.118. The standard InChI is InChI=1S/C22H24BrClFNO2S/c1-5-9-18(26-29(27)21(2,3)4)22(14-10-7-6-8-11-14)13-15-17(28-22)12-16(25)20(24)19(15)23/h5-8,10-12,18,26H,1,9,13H2,2-4H3/t18-,22+,29?/m1/s1. The van der Waals surface area contributed by atoms with Crippen LogP contribution in [0.25, 0.3) is 0 Å². The molecule has 29 heavy (non-hydrogen) atoms. The van der Waals surface area contributed by atoms with Crippen molar-refractivity contribution < 1.29 is 13.7 Å². The lowest BCUT2D eigenvalue weighted by Gasteiger charge is -2.38. The van der Waals surface area contributed by atoms with Crippen LogP contribution in [0.5, 0.6) is 5.75 Å². The molecule has 156 valence electrons. The molecule has 3 nitrogen and oxygen atoms in total. The summed E-state index contributed by atoms with van der Waals surface area (Å²) in [6.07, 6.45) is 2.73. The number of ether oxygens (including phenoxy) is 1. The van der Waals surface area contributed by atoms with E-state index in [0.717, 1.165) is 11.1 Å². The lowest BCUT2D eigenvalue weighted by atomic mass is 9.81. The molecule has 0 saturated carbocycles. The number of nitrogens with one attached hydrogen (secondary N) is 1. The summed E-state index contributed by atoms with van der Waals surface area (Å²) in [6.45, 7) is 9.60. The van der Waals surface area contributed by atoms with Crippen molar-refractivity contribution in [1.29, 1.82) is 0 Å². The SMILES string of the molecule is C=CC[C@@H](N[S+]([O-])C(C)(C)C)[C@@]1(c2ccccc2)Cc2c(cc(F)c(Cl)c2Br)O1. The second kappa shape index (κ2) is 8.60. The van der Waals surface area contributed by atoms with Gasteiger partial charge in [0.15, 0.2) is 5.60 Å². The zero-order valence-electron chi connectivity index (χ0n) is 16.6. The van der Waals surface area contributed by atoms with Gasteiger partial charge in [-0.15, -0.1) is 11.3 Å². The Morgan fingerprint density at radius 2 is 2.07 bits per heavy atom. The van der Waals surface area contributed by atoms with E-state index in [1.165, 1.54) is 6.07 Å². The van der Waals surface area contributed by atoms with Crippen molar-refractivity contribution in [2.24, 2.45) is 0 Å². The third-order valence-corrected chi connectivity index (χ3v) is 8.07. The monoisotopic (exact) mass is 499 g/mol. The average molecular weight is 501 g/mol. The van der Waals surface area contributed by atoms with Gasteiger partial charge in [0.25, 0.3) is 0 Å². The molecule has 1 aliphatic heterocycles. The van der Waals surface area contributed by atoms with Gasteiger partial charge < -0.3 is 9.29 Å². The van der Waals surface area contributed by atoms with Gasteiger partial charge >= 0.3 is 0 Å². The minimum atomic E-state index is -1.33. The van der Waals surface area contributed by atoms with Crippen molar-refractivity contribution in [3.8, 4) is 5.75 Å². The molecular formula is C22H24BrClFNO2S. The molecule has 1 N–H and O–H groups in total. The molecule has 2 aromatic rings. The first-order chi connectivity index (χ1) is 13.6. The van der Waals surface area contributed by atoms with Gasteiger partial charge in [-0.05, 0) is 48.7 Å². The highest BCUT2D eigenvalue weighted by molar-refractivity contribution is 9.10. The molecule has 1 aliphatic rings. The van der Waals surface area contributed by atoms with Gasteiger partial charge in [-0.25, -0.2) is 4.39 Å². The first-order valence-corrected chi connectivity index (χ1v) is 11.6. The second-order valence-electron chi connectivity index (χ2n) is 8.07. The number of fused-ring (bicyclic) bond motifs is 1. The van der Waals surface area contributed by atoms with E-state index in [4.69, 9.17) is 16.3 Å². The van der Waals surface area contributed by atoms with Crippen molar-refractivity contribution >= 4 is 38.9 Å². The van der Waals surface area contributed by atoms with Gasteiger partial charge in [-0.2, -0.15) is 0 Å². The average Bonchev–Trinajstić information content (AvgIpc) is 3.06. The zero-order chi connectivity index (χ0) is 21.4. The highest BCUT2D eigenvalue weighted by atomic mass is 79.9. The summed E-state index contributed by atoms with van der Waals surface area (Å²) >= 11 is 8.22. The van der Waals surface area contributed by atoms with E-state index in [1.807, 2.05) is 51.1 Å². The van der Waals surface area contributed by atoms with Crippen LogP contribution in [0.4, 0.5) is 4.39 Å². The van der Waals surface area contributed by atoms with Gasteiger partial charge in [0.1, 0.15) is 22.4 Å². The molecule has 3 rings (SSSR count). The summed E-state index contributed by atoms with van der Waals surface area (Å²) in [6, 6.07) is 10.7. The Morgan fingerprint density at radius 1 is 1.41 bits per heavy atom. The Hall–Kier alpha value is -1.05. The third kappa shape index (κ3) is 4.37. The maximum atomic E-state index is 14.3. The van der Waals surface area contributed by atoms with Gasteiger partial charge in [0, 0.05) is 33.9 Å². The number of hydrogen-bond acceptors (Lipinski definition) is 3. The molecule has 0 spiro atoms. The summed E-state index contributed by atoms with van der Waals surface area (Å²) in [7, 11) is 0. The second-order valence-corrected chi connectivity index (χ2v) is 11.2. The number of halogens is 3. The molecule has 1 heterocycles. The summed E-state index contributed by atoms with van der Waals surface area (Å²) < 4.78 is 37.0. The van der Waals surface area contributed by atoms with E-state index in [9.17, 15) is 8.94 Å². The molecule has 3 atom stereocenters. The van der Waals surface area contributed by atoms with E-state index in [2.05, 4.69) is 27.2 Å². The number of hydrogen-bond donors (Lipinski definition) is 1. The molecular weight excluding hydrogens is 477 g/mol. The highest BCUT2D eigenvalue weighted by Gasteiger charge is 2.50. The zero-order valence-corrected chi connectivity index (χ0v) is 19.8. The Kier molecular flexibility index (Phi) is 6.71. The fourth-order valence-corrected chi connectivity index (χ4v) is 5.04. The Bertz CT molecular complexity index is 906. The van der Waals surface area contributed by atoms with Crippen molar-refractivity contribution in [1.82, 2.24) is 4.72 Å². The smallest absolute Gasteiger partial charge is 0.158 e. The Morgan fingerprint density at radius 3 is 2.66 bits per heavy atom. The fourth-order valence-electron chi connectivity index (χ4n) is 3.44.